The fraction of sp³-hybridized carbons (Fsp3) is 0.158. The van der Waals surface area contributed by atoms with Crippen LogP contribution < -0.4 is 10.6 Å². The van der Waals surface area contributed by atoms with Gasteiger partial charge < -0.3 is 10.6 Å². The van der Waals surface area contributed by atoms with Gasteiger partial charge in [-0.25, -0.2) is 4.39 Å². The molecule has 0 aliphatic carbocycles. The van der Waals surface area contributed by atoms with Crippen LogP contribution in [0.2, 0.25) is 0 Å². The van der Waals surface area contributed by atoms with Crippen LogP contribution >= 0.6 is 0 Å². The second kappa shape index (κ2) is 8.06. The van der Waals surface area contributed by atoms with Crippen molar-refractivity contribution in [3.8, 4) is 0 Å². The SMILES string of the molecule is Cc1cccc(C)c1NC(=O)CNC(=O)/C=C/c1ccccc1F. The van der Waals surface area contributed by atoms with Crippen molar-refractivity contribution in [2.45, 2.75) is 13.8 Å². The van der Waals surface area contributed by atoms with Gasteiger partial charge in [-0.05, 0) is 37.1 Å². The van der Waals surface area contributed by atoms with Gasteiger partial charge in [0.15, 0.2) is 0 Å². The van der Waals surface area contributed by atoms with Crippen LogP contribution in [0.4, 0.5) is 10.1 Å². The molecule has 0 aliphatic heterocycles. The van der Waals surface area contributed by atoms with Gasteiger partial charge >= 0.3 is 0 Å². The molecule has 2 amide bonds. The van der Waals surface area contributed by atoms with Crippen molar-refractivity contribution < 1.29 is 14.0 Å². The predicted molar refractivity (Wildman–Crippen MR) is 93.0 cm³/mol. The maximum Gasteiger partial charge on any atom is 0.244 e. The number of carbonyl (C=O) groups excluding carboxylic acids is 2. The molecule has 0 saturated heterocycles. The fourth-order valence-electron chi connectivity index (χ4n) is 2.20. The van der Waals surface area contributed by atoms with Crippen molar-refractivity contribution in [3.05, 3.63) is 71.0 Å². The first-order chi connectivity index (χ1) is 11.5. The van der Waals surface area contributed by atoms with E-state index in [0.717, 1.165) is 16.8 Å². The molecule has 2 aromatic carbocycles. The average molecular weight is 326 g/mol. The molecule has 124 valence electrons. The Morgan fingerprint density at radius 1 is 1.04 bits per heavy atom. The summed E-state index contributed by atoms with van der Waals surface area (Å²) in [6, 6.07) is 11.8. The van der Waals surface area contributed by atoms with E-state index in [4.69, 9.17) is 0 Å². The first-order valence-corrected chi connectivity index (χ1v) is 7.54. The highest BCUT2D eigenvalue weighted by Gasteiger charge is 2.08. The normalized spacial score (nSPS) is 10.6. The average Bonchev–Trinajstić information content (AvgIpc) is 2.56. The number of halogens is 1. The summed E-state index contributed by atoms with van der Waals surface area (Å²) in [5.74, 6) is -1.19. The molecule has 2 N–H and O–H groups in total. The molecule has 0 unspecified atom stereocenters. The number of anilines is 1. The van der Waals surface area contributed by atoms with Crippen LogP contribution in [-0.4, -0.2) is 18.4 Å². The number of hydrogen-bond acceptors (Lipinski definition) is 2. The Labute approximate surface area is 140 Å². The topological polar surface area (TPSA) is 58.2 Å². The van der Waals surface area contributed by atoms with Crippen LogP contribution in [0.1, 0.15) is 16.7 Å². The number of amides is 2. The Balaban J connectivity index is 1.88. The zero-order valence-electron chi connectivity index (χ0n) is 13.6. The summed E-state index contributed by atoms with van der Waals surface area (Å²) >= 11 is 0. The molecule has 0 saturated carbocycles. The Morgan fingerprint density at radius 2 is 1.71 bits per heavy atom. The van der Waals surface area contributed by atoms with Gasteiger partial charge in [-0.3, -0.25) is 9.59 Å². The maximum atomic E-state index is 13.4. The van der Waals surface area contributed by atoms with Crippen LogP contribution in [0.25, 0.3) is 6.08 Å². The summed E-state index contributed by atoms with van der Waals surface area (Å²) in [5, 5.41) is 5.25. The van der Waals surface area contributed by atoms with Crippen LogP contribution in [-0.2, 0) is 9.59 Å². The van der Waals surface area contributed by atoms with E-state index in [1.54, 1.807) is 18.2 Å². The number of rotatable bonds is 5. The van der Waals surface area contributed by atoms with Crippen molar-refractivity contribution in [1.82, 2.24) is 5.32 Å². The summed E-state index contributed by atoms with van der Waals surface area (Å²) in [5.41, 5.74) is 2.97. The van der Waals surface area contributed by atoms with Gasteiger partial charge in [-0.2, -0.15) is 0 Å². The quantitative estimate of drug-likeness (QED) is 0.829. The molecule has 0 aromatic heterocycles. The number of nitrogens with one attached hydrogen (secondary N) is 2. The number of aryl methyl sites for hydroxylation is 2. The standard InChI is InChI=1S/C19H19FN2O2/c1-13-6-5-7-14(2)19(13)22-18(24)12-21-17(23)11-10-15-8-3-4-9-16(15)20/h3-11H,12H2,1-2H3,(H,21,23)(H,22,24)/b11-10+. The molecule has 0 heterocycles. The minimum Gasteiger partial charge on any atom is -0.343 e. The predicted octanol–water partition coefficient (Wildman–Crippen LogP) is 3.21. The van der Waals surface area contributed by atoms with Gasteiger partial charge in [0.1, 0.15) is 5.82 Å². The molecule has 0 fully saturated rings. The summed E-state index contributed by atoms with van der Waals surface area (Å²) in [6.45, 7) is 3.64. The summed E-state index contributed by atoms with van der Waals surface area (Å²) in [4.78, 5) is 23.7. The van der Waals surface area contributed by atoms with Gasteiger partial charge in [-0.1, -0.05) is 36.4 Å². The highest BCUT2D eigenvalue weighted by molar-refractivity contribution is 5.98. The third-order valence-electron chi connectivity index (χ3n) is 3.49. The van der Waals surface area contributed by atoms with E-state index in [-0.39, 0.29) is 12.5 Å². The molecular weight excluding hydrogens is 307 g/mol. The Kier molecular flexibility index (Phi) is 5.84. The lowest BCUT2D eigenvalue weighted by Crippen LogP contribution is -2.32. The van der Waals surface area contributed by atoms with Gasteiger partial charge in [0, 0.05) is 17.3 Å². The molecule has 4 nitrogen and oxygen atoms in total. The number of para-hydroxylation sites is 1. The van der Waals surface area contributed by atoms with Gasteiger partial charge in [0.05, 0.1) is 6.54 Å². The third kappa shape index (κ3) is 4.78. The van der Waals surface area contributed by atoms with Crippen molar-refractivity contribution in [2.24, 2.45) is 0 Å². The van der Waals surface area contributed by atoms with E-state index >= 15 is 0 Å². The second-order valence-electron chi connectivity index (χ2n) is 5.39. The highest BCUT2D eigenvalue weighted by atomic mass is 19.1. The molecular formula is C19H19FN2O2. The summed E-state index contributed by atoms with van der Waals surface area (Å²) in [7, 11) is 0. The van der Waals surface area contributed by atoms with Crippen molar-refractivity contribution >= 4 is 23.6 Å². The molecule has 2 rings (SSSR count). The summed E-state index contributed by atoms with van der Waals surface area (Å²) in [6.07, 6.45) is 2.57. The zero-order chi connectivity index (χ0) is 17.5. The van der Waals surface area contributed by atoms with Crippen molar-refractivity contribution in [3.63, 3.8) is 0 Å². The first-order valence-electron chi connectivity index (χ1n) is 7.54. The molecule has 5 heteroatoms. The lowest BCUT2D eigenvalue weighted by atomic mass is 10.1. The molecule has 0 bridgehead atoms. The third-order valence-corrected chi connectivity index (χ3v) is 3.49. The van der Waals surface area contributed by atoms with E-state index in [2.05, 4.69) is 10.6 Å². The fourth-order valence-corrected chi connectivity index (χ4v) is 2.20. The Morgan fingerprint density at radius 3 is 2.38 bits per heavy atom. The number of benzene rings is 2. The molecule has 24 heavy (non-hydrogen) atoms. The molecule has 0 radical (unpaired) electrons. The lowest BCUT2D eigenvalue weighted by Gasteiger charge is -2.11. The van der Waals surface area contributed by atoms with Crippen molar-refractivity contribution in [2.75, 3.05) is 11.9 Å². The second-order valence-corrected chi connectivity index (χ2v) is 5.39. The number of hydrogen-bond donors (Lipinski definition) is 2. The van der Waals surface area contributed by atoms with Crippen LogP contribution in [0.5, 0.6) is 0 Å². The van der Waals surface area contributed by atoms with Gasteiger partial charge in [0.2, 0.25) is 11.8 Å². The lowest BCUT2D eigenvalue weighted by molar-refractivity contribution is -0.121. The Bertz CT molecular complexity index is 764. The summed E-state index contributed by atoms with van der Waals surface area (Å²) < 4.78 is 13.4. The smallest absolute Gasteiger partial charge is 0.244 e. The number of carbonyl (C=O) groups is 2. The van der Waals surface area contributed by atoms with Gasteiger partial charge in [0.25, 0.3) is 0 Å². The van der Waals surface area contributed by atoms with Crippen LogP contribution in [0, 0.1) is 19.7 Å². The van der Waals surface area contributed by atoms with Crippen LogP contribution in [0.15, 0.2) is 48.5 Å². The van der Waals surface area contributed by atoms with E-state index < -0.39 is 11.7 Å². The highest BCUT2D eigenvalue weighted by Crippen LogP contribution is 2.18. The molecule has 0 spiro atoms. The van der Waals surface area contributed by atoms with Gasteiger partial charge in [-0.15, -0.1) is 0 Å². The van der Waals surface area contributed by atoms with E-state index in [1.807, 2.05) is 32.0 Å². The molecule has 2 aromatic rings. The monoisotopic (exact) mass is 326 g/mol. The Hall–Kier alpha value is -2.95. The largest absolute Gasteiger partial charge is 0.343 e. The van der Waals surface area contributed by atoms with E-state index in [9.17, 15) is 14.0 Å². The zero-order valence-corrected chi connectivity index (χ0v) is 13.6. The minimum absolute atomic E-state index is 0.159. The van der Waals surface area contributed by atoms with E-state index in [1.165, 1.54) is 18.2 Å². The molecule has 0 aliphatic rings. The molecule has 0 atom stereocenters. The minimum atomic E-state index is -0.463. The van der Waals surface area contributed by atoms with Crippen molar-refractivity contribution in [1.29, 1.82) is 0 Å². The van der Waals surface area contributed by atoms with Crippen LogP contribution in [0.3, 0.4) is 0 Å². The maximum absolute atomic E-state index is 13.4. The van der Waals surface area contributed by atoms with E-state index in [0.29, 0.717) is 5.56 Å². The first kappa shape index (κ1) is 17.4.